The normalized spacial score (nSPS) is 33.6. The molecule has 8 saturated carbocycles. The summed E-state index contributed by atoms with van der Waals surface area (Å²) in [4.78, 5) is 16.3. The number of rotatable bonds is 4. The summed E-state index contributed by atoms with van der Waals surface area (Å²) >= 11 is 0. The summed E-state index contributed by atoms with van der Waals surface area (Å²) in [5.41, 5.74) is 9.34. The minimum absolute atomic E-state index is 0.132. The van der Waals surface area contributed by atoms with Crippen LogP contribution in [-0.2, 0) is 15.9 Å². The molecular weight excluding hydrogens is 709 g/mol. The second-order valence-electron chi connectivity index (χ2n) is 19.7. The molecule has 8 bridgehead atoms. The fourth-order valence-corrected chi connectivity index (χ4v) is 15.0. The standard InChI is InChI=1S/C53H48N4O/c1-2-9-35(10-3-1)36-11-8-12-37(29-36)49-54-50(56-51(55-49)57-47-15-6-4-13-43(47)44-14-5-7-16-48(44)57)38-17-18-45-46(30-38)53(41-25-33-20-34(27-41)28-42(53)26-33)58-52(45)39-21-31-19-32(23-39)24-40(52)22-31/h1-18,29-34,39-42H,19-28H2. The van der Waals surface area contributed by atoms with Crippen molar-refractivity contribution < 1.29 is 4.74 Å². The quantitative estimate of drug-likeness (QED) is 0.179. The summed E-state index contributed by atoms with van der Waals surface area (Å²) in [6, 6.07) is 44.1. The van der Waals surface area contributed by atoms with Crippen LogP contribution in [0.25, 0.3) is 61.7 Å². The summed E-state index contributed by atoms with van der Waals surface area (Å²) in [7, 11) is 0. The van der Waals surface area contributed by atoms with Crippen molar-refractivity contribution in [2.75, 3.05) is 0 Å². The van der Waals surface area contributed by atoms with Crippen LogP contribution in [0.5, 0.6) is 0 Å². The smallest absolute Gasteiger partial charge is 0.238 e. The van der Waals surface area contributed by atoms with Crippen LogP contribution in [0.2, 0.25) is 0 Å². The molecule has 58 heavy (non-hydrogen) atoms. The van der Waals surface area contributed by atoms with Crippen molar-refractivity contribution in [3.8, 4) is 39.9 Å². The molecule has 286 valence electrons. The van der Waals surface area contributed by atoms with E-state index >= 15 is 0 Å². The molecule has 8 aliphatic carbocycles. The van der Waals surface area contributed by atoms with Gasteiger partial charge in [0.05, 0.1) is 11.0 Å². The minimum Gasteiger partial charge on any atom is -0.358 e. The predicted molar refractivity (Wildman–Crippen MR) is 229 cm³/mol. The number of benzene rings is 5. The lowest BCUT2D eigenvalue weighted by Gasteiger charge is -2.64. The topological polar surface area (TPSA) is 52.8 Å². The van der Waals surface area contributed by atoms with Crippen molar-refractivity contribution in [2.24, 2.45) is 47.3 Å². The maximum Gasteiger partial charge on any atom is 0.238 e. The first-order valence-electron chi connectivity index (χ1n) is 22.4. The summed E-state index contributed by atoms with van der Waals surface area (Å²) < 4.78 is 10.5. The average molecular weight is 757 g/mol. The van der Waals surface area contributed by atoms with E-state index in [0.29, 0.717) is 35.4 Å². The molecule has 0 radical (unpaired) electrons. The van der Waals surface area contributed by atoms with E-state index in [2.05, 4.69) is 126 Å². The first kappa shape index (κ1) is 32.8. The molecule has 5 heteroatoms. The number of nitrogens with zero attached hydrogens (tertiary/aromatic N) is 4. The largest absolute Gasteiger partial charge is 0.358 e. The summed E-state index contributed by atoms with van der Waals surface area (Å²) in [5, 5.41) is 2.40. The van der Waals surface area contributed by atoms with Crippen LogP contribution >= 0.6 is 0 Å². The monoisotopic (exact) mass is 756 g/mol. The van der Waals surface area contributed by atoms with Crippen LogP contribution in [0.1, 0.15) is 75.3 Å². The van der Waals surface area contributed by atoms with Crippen molar-refractivity contribution in [1.82, 2.24) is 19.5 Å². The third-order valence-electron chi connectivity index (χ3n) is 16.8. The number of aromatic nitrogens is 4. The van der Waals surface area contributed by atoms with Crippen LogP contribution < -0.4 is 0 Å². The number of ether oxygens (including phenoxy) is 1. The molecule has 5 nitrogen and oxygen atoms in total. The third kappa shape index (κ3) is 4.38. The van der Waals surface area contributed by atoms with Crippen molar-refractivity contribution in [2.45, 2.75) is 75.4 Å². The van der Waals surface area contributed by atoms with Crippen molar-refractivity contribution in [1.29, 1.82) is 0 Å². The van der Waals surface area contributed by atoms with Crippen molar-refractivity contribution in [3.63, 3.8) is 0 Å². The van der Waals surface area contributed by atoms with Gasteiger partial charge in [0, 0.05) is 21.9 Å². The van der Waals surface area contributed by atoms with E-state index in [9.17, 15) is 0 Å². The molecule has 0 N–H and O–H groups in total. The van der Waals surface area contributed by atoms with Gasteiger partial charge in [0.1, 0.15) is 11.2 Å². The predicted octanol–water partition coefficient (Wildman–Crippen LogP) is 12.3. The highest BCUT2D eigenvalue weighted by Gasteiger charge is 2.71. The Bertz CT molecular complexity index is 2710. The molecule has 5 aromatic carbocycles. The first-order valence-corrected chi connectivity index (χ1v) is 22.4. The van der Waals surface area contributed by atoms with Crippen LogP contribution in [0, 0.1) is 47.3 Å². The van der Waals surface area contributed by atoms with Gasteiger partial charge in [-0.05, 0) is 158 Å². The Morgan fingerprint density at radius 1 is 0.414 bits per heavy atom. The molecule has 1 aliphatic heterocycles. The highest BCUT2D eigenvalue weighted by molar-refractivity contribution is 6.09. The van der Waals surface area contributed by atoms with Gasteiger partial charge in [-0.15, -0.1) is 0 Å². The molecule has 0 unspecified atom stereocenters. The number of para-hydroxylation sites is 2. The van der Waals surface area contributed by atoms with Gasteiger partial charge in [-0.3, -0.25) is 4.57 Å². The lowest BCUT2D eigenvalue weighted by molar-refractivity contribution is -0.304. The molecule has 0 amide bonds. The number of hydrogen-bond acceptors (Lipinski definition) is 4. The minimum atomic E-state index is -0.191. The molecule has 7 aromatic rings. The van der Waals surface area contributed by atoms with Gasteiger partial charge in [-0.1, -0.05) is 97.1 Å². The van der Waals surface area contributed by atoms with E-state index in [0.717, 1.165) is 57.2 Å². The van der Waals surface area contributed by atoms with E-state index in [1.807, 2.05) is 0 Å². The van der Waals surface area contributed by atoms with E-state index in [1.54, 1.807) is 5.56 Å². The molecule has 2 aromatic heterocycles. The van der Waals surface area contributed by atoms with E-state index in [4.69, 9.17) is 19.7 Å². The molecule has 16 rings (SSSR count). The van der Waals surface area contributed by atoms with Gasteiger partial charge in [-0.25, -0.2) is 4.98 Å². The van der Waals surface area contributed by atoms with Crippen LogP contribution in [0.3, 0.4) is 0 Å². The summed E-state index contributed by atoms with van der Waals surface area (Å²) in [6.07, 6.45) is 13.6. The van der Waals surface area contributed by atoms with E-state index in [-0.39, 0.29) is 11.2 Å². The highest BCUT2D eigenvalue weighted by atomic mass is 16.5. The molecule has 0 atom stereocenters. The van der Waals surface area contributed by atoms with Crippen molar-refractivity contribution in [3.05, 3.63) is 132 Å². The Kier molecular flexibility index (Phi) is 6.64. The highest BCUT2D eigenvalue weighted by Crippen LogP contribution is 2.74. The lowest BCUT2D eigenvalue weighted by Crippen LogP contribution is -2.60. The molecule has 8 fully saturated rings. The summed E-state index contributed by atoms with van der Waals surface area (Å²) in [6.45, 7) is 0. The second-order valence-corrected chi connectivity index (χ2v) is 19.7. The molecular formula is C53H48N4O. The van der Waals surface area contributed by atoms with Gasteiger partial charge < -0.3 is 4.74 Å². The second kappa shape index (κ2) is 11.8. The Labute approximate surface area is 339 Å². The Morgan fingerprint density at radius 3 is 1.48 bits per heavy atom. The lowest BCUT2D eigenvalue weighted by atomic mass is 9.48. The van der Waals surface area contributed by atoms with Crippen molar-refractivity contribution >= 4 is 21.8 Å². The van der Waals surface area contributed by atoms with E-state index < -0.39 is 0 Å². The summed E-state index contributed by atoms with van der Waals surface area (Å²) in [5.74, 6) is 8.15. The Morgan fingerprint density at radius 2 is 0.897 bits per heavy atom. The van der Waals surface area contributed by atoms with Gasteiger partial charge >= 0.3 is 0 Å². The van der Waals surface area contributed by atoms with Crippen LogP contribution in [0.15, 0.2) is 121 Å². The maximum atomic E-state index is 8.22. The Hall–Kier alpha value is -5.13. The third-order valence-corrected chi connectivity index (χ3v) is 16.8. The Balaban J connectivity index is 0.993. The van der Waals surface area contributed by atoms with E-state index in [1.165, 1.54) is 86.1 Å². The fourth-order valence-electron chi connectivity index (χ4n) is 15.0. The van der Waals surface area contributed by atoms with Gasteiger partial charge in [0.25, 0.3) is 0 Å². The zero-order valence-corrected chi connectivity index (χ0v) is 32.9. The molecule has 9 aliphatic rings. The number of fused-ring (bicyclic) bond motifs is 4. The fraction of sp³-hybridized carbons (Fsp3) is 0.377. The first-order chi connectivity index (χ1) is 28.6. The zero-order valence-electron chi connectivity index (χ0n) is 32.9. The number of hydrogen-bond donors (Lipinski definition) is 0. The van der Waals surface area contributed by atoms with Crippen LogP contribution in [0.4, 0.5) is 0 Å². The van der Waals surface area contributed by atoms with Gasteiger partial charge in [0.15, 0.2) is 11.6 Å². The molecule has 2 spiro atoms. The van der Waals surface area contributed by atoms with Crippen LogP contribution in [-0.4, -0.2) is 19.5 Å². The average Bonchev–Trinajstić information content (AvgIpc) is 3.76. The molecule has 0 saturated heterocycles. The molecule has 3 heterocycles. The SMILES string of the molecule is c1ccc(-c2cccc(-c3nc(-c4ccc5c(c4)C4(OC56C5CC7CC(C5)CC6C7)C5CC6CC(C5)CC4C6)nc(-n4c5ccccc5c5ccccc54)n3)c2)cc1. The zero-order chi connectivity index (χ0) is 37.7. The van der Waals surface area contributed by atoms with Gasteiger partial charge in [0.2, 0.25) is 5.95 Å². The van der Waals surface area contributed by atoms with Gasteiger partial charge in [-0.2, -0.15) is 9.97 Å². The maximum absolute atomic E-state index is 8.22.